The zero-order chi connectivity index (χ0) is 13.1. The molecule has 0 saturated carbocycles. The highest BCUT2D eigenvalue weighted by Crippen LogP contribution is 2.20. The standard InChI is InChI=1S/C16H17FN2/c17-14-5-4-8-16(13-14)19-11-9-18(10-12-19)15-6-2-1-3-7-15/h1-8,13H,9-12H2. The second-order valence-corrected chi connectivity index (χ2v) is 4.79. The van der Waals surface area contributed by atoms with Crippen LogP contribution in [0.4, 0.5) is 15.8 Å². The Labute approximate surface area is 113 Å². The normalized spacial score (nSPS) is 15.6. The first-order valence-electron chi connectivity index (χ1n) is 6.63. The third kappa shape index (κ3) is 2.70. The van der Waals surface area contributed by atoms with Gasteiger partial charge in [0.1, 0.15) is 5.82 Å². The van der Waals surface area contributed by atoms with Gasteiger partial charge in [-0.05, 0) is 30.3 Å². The molecule has 0 amide bonds. The Morgan fingerprint density at radius 2 is 1.26 bits per heavy atom. The molecule has 0 atom stereocenters. The van der Waals surface area contributed by atoms with Crippen molar-refractivity contribution < 1.29 is 4.39 Å². The summed E-state index contributed by atoms with van der Waals surface area (Å²) < 4.78 is 13.2. The van der Waals surface area contributed by atoms with Gasteiger partial charge in [-0.15, -0.1) is 0 Å². The molecule has 0 bridgehead atoms. The molecule has 1 aliphatic heterocycles. The number of hydrogen-bond acceptors (Lipinski definition) is 2. The highest BCUT2D eigenvalue weighted by atomic mass is 19.1. The summed E-state index contributed by atoms with van der Waals surface area (Å²) >= 11 is 0. The summed E-state index contributed by atoms with van der Waals surface area (Å²) in [5, 5.41) is 0. The largest absolute Gasteiger partial charge is 0.368 e. The van der Waals surface area contributed by atoms with E-state index in [-0.39, 0.29) is 5.82 Å². The fourth-order valence-electron chi connectivity index (χ4n) is 2.53. The molecule has 0 aromatic heterocycles. The number of hydrogen-bond donors (Lipinski definition) is 0. The number of rotatable bonds is 2. The molecule has 0 spiro atoms. The van der Waals surface area contributed by atoms with Gasteiger partial charge in [0.15, 0.2) is 0 Å². The fraction of sp³-hybridized carbons (Fsp3) is 0.250. The maximum absolute atomic E-state index is 13.2. The second kappa shape index (κ2) is 5.31. The average molecular weight is 256 g/mol. The Bertz CT molecular complexity index is 533. The maximum atomic E-state index is 13.2. The Hall–Kier alpha value is -2.03. The minimum atomic E-state index is -0.164. The van der Waals surface area contributed by atoms with Gasteiger partial charge in [0, 0.05) is 37.6 Å². The molecule has 1 aliphatic rings. The van der Waals surface area contributed by atoms with Gasteiger partial charge in [0.05, 0.1) is 0 Å². The summed E-state index contributed by atoms with van der Waals surface area (Å²) in [6.07, 6.45) is 0. The van der Waals surface area contributed by atoms with Crippen molar-refractivity contribution in [1.29, 1.82) is 0 Å². The number of piperazine rings is 1. The highest BCUT2D eigenvalue weighted by Gasteiger charge is 2.17. The van der Waals surface area contributed by atoms with Crippen LogP contribution in [0.15, 0.2) is 54.6 Å². The molecule has 1 saturated heterocycles. The van der Waals surface area contributed by atoms with E-state index in [1.54, 1.807) is 12.1 Å². The van der Waals surface area contributed by atoms with E-state index in [0.717, 1.165) is 31.9 Å². The molecule has 19 heavy (non-hydrogen) atoms. The van der Waals surface area contributed by atoms with E-state index in [1.165, 1.54) is 11.8 Å². The predicted molar refractivity (Wildman–Crippen MR) is 77.3 cm³/mol. The van der Waals surface area contributed by atoms with E-state index in [4.69, 9.17) is 0 Å². The van der Waals surface area contributed by atoms with Crippen molar-refractivity contribution in [3.8, 4) is 0 Å². The van der Waals surface area contributed by atoms with Crippen LogP contribution in [-0.2, 0) is 0 Å². The minimum Gasteiger partial charge on any atom is -0.368 e. The van der Waals surface area contributed by atoms with E-state index in [0.29, 0.717) is 0 Å². The highest BCUT2D eigenvalue weighted by molar-refractivity contribution is 5.51. The Kier molecular flexibility index (Phi) is 3.36. The van der Waals surface area contributed by atoms with Gasteiger partial charge in [-0.25, -0.2) is 4.39 Å². The second-order valence-electron chi connectivity index (χ2n) is 4.79. The Morgan fingerprint density at radius 1 is 0.684 bits per heavy atom. The number of halogens is 1. The maximum Gasteiger partial charge on any atom is 0.125 e. The van der Waals surface area contributed by atoms with Crippen LogP contribution in [0.3, 0.4) is 0 Å². The van der Waals surface area contributed by atoms with Crippen LogP contribution in [0.2, 0.25) is 0 Å². The van der Waals surface area contributed by atoms with E-state index in [2.05, 4.69) is 34.1 Å². The SMILES string of the molecule is Fc1cccc(N2CCN(c3ccccc3)CC2)c1. The molecule has 0 aliphatic carbocycles. The summed E-state index contributed by atoms with van der Waals surface area (Å²) in [7, 11) is 0. The molecule has 98 valence electrons. The topological polar surface area (TPSA) is 6.48 Å². The van der Waals surface area contributed by atoms with E-state index in [1.807, 2.05) is 12.1 Å². The lowest BCUT2D eigenvalue weighted by Crippen LogP contribution is -2.46. The lowest BCUT2D eigenvalue weighted by Gasteiger charge is -2.37. The van der Waals surface area contributed by atoms with Crippen molar-refractivity contribution in [3.63, 3.8) is 0 Å². The van der Waals surface area contributed by atoms with Crippen molar-refractivity contribution >= 4 is 11.4 Å². The molecule has 0 N–H and O–H groups in total. The van der Waals surface area contributed by atoms with Crippen molar-refractivity contribution in [2.45, 2.75) is 0 Å². The molecule has 2 nitrogen and oxygen atoms in total. The van der Waals surface area contributed by atoms with Gasteiger partial charge in [0.25, 0.3) is 0 Å². The monoisotopic (exact) mass is 256 g/mol. The summed E-state index contributed by atoms with van der Waals surface area (Å²) in [4.78, 5) is 4.61. The molecule has 2 aromatic carbocycles. The van der Waals surface area contributed by atoms with Crippen LogP contribution < -0.4 is 9.80 Å². The first-order valence-corrected chi connectivity index (χ1v) is 6.63. The molecule has 2 aromatic rings. The predicted octanol–water partition coefficient (Wildman–Crippen LogP) is 3.15. The summed E-state index contributed by atoms with van der Waals surface area (Å²) in [5.74, 6) is -0.164. The number of anilines is 2. The molecule has 0 unspecified atom stereocenters. The zero-order valence-electron chi connectivity index (χ0n) is 10.8. The smallest absolute Gasteiger partial charge is 0.125 e. The first kappa shape index (κ1) is 12.0. The zero-order valence-corrected chi connectivity index (χ0v) is 10.8. The Morgan fingerprint density at radius 3 is 1.89 bits per heavy atom. The molecule has 3 heteroatoms. The van der Waals surface area contributed by atoms with Crippen molar-refractivity contribution in [3.05, 3.63) is 60.4 Å². The summed E-state index contributed by atoms with van der Waals surface area (Å²) in [6, 6.07) is 17.3. The van der Waals surface area contributed by atoms with Crippen LogP contribution in [0, 0.1) is 5.82 Å². The van der Waals surface area contributed by atoms with E-state index < -0.39 is 0 Å². The van der Waals surface area contributed by atoms with Gasteiger partial charge in [-0.2, -0.15) is 0 Å². The molecule has 1 fully saturated rings. The van der Waals surface area contributed by atoms with Gasteiger partial charge < -0.3 is 9.80 Å². The van der Waals surface area contributed by atoms with Crippen LogP contribution in [0.25, 0.3) is 0 Å². The summed E-state index contributed by atoms with van der Waals surface area (Å²) in [6.45, 7) is 3.80. The van der Waals surface area contributed by atoms with Gasteiger partial charge in [-0.1, -0.05) is 24.3 Å². The molecule has 0 radical (unpaired) electrons. The van der Waals surface area contributed by atoms with Gasteiger partial charge in [-0.3, -0.25) is 0 Å². The van der Waals surface area contributed by atoms with E-state index in [9.17, 15) is 4.39 Å². The van der Waals surface area contributed by atoms with Crippen molar-refractivity contribution in [2.75, 3.05) is 36.0 Å². The van der Waals surface area contributed by atoms with Crippen molar-refractivity contribution in [2.24, 2.45) is 0 Å². The lowest BCUT2D eigenvalue weighted by atomic mass is 10.2. The molecular formula is C16H17FN2. The number of benzene rings is 2. The Balaban J connectivity index is 1.67. The first-order chi connectivity index (χ1) is 9.33. The van der Waals surface area contributed by atoms with Crippen molar-refractivity contribution in [1.82, 2.24) is 0 Å². The van der Waals surface area contributed by atoms with Gasteiger partial charge in [0.2, 0.25) is 0 Å². The molecular weight excluding hydrogens is 239 g/mol. The number of nitrogens with zero attached hydrogens (tertiary/aromatic N) is 2. The summed E-state index contributed by atoms with van der Waals surface area (Å²) in [5.41, 5.74) is 2.24. The van der Waals surface area contributed by atoms with Crippen LogP contribution in [0.5, 0.6) is 0 Å². The number of para-hydroxylation sites is 1. The quantitative estimate of drug-likeness (QED) is 0.814. The minimum absolute atomic E-state index is 0.164. The molecule has 3 rings (SSSR count). The third-order valence-electron chi connectivity index (χ3n) is 3.57. The third-order valence-corrected chi connectivity index (χ3v) is 3.57. The van der Waals surface area contributed by atoms with E-state index >= 15 is 0 Å². The van der Waals surface area contributed by atoms with Crippen LogP contribution in [0.1, 0.15) is 0 Å². The van der Waals surface area contributed by atoms with Gasteiger partial charge >= 0.3 is 0 Å². The molecule has 1 heterocycles. The van der Waals surface area contributed by atoms with Crippen LogP contribution in [-0.4, -0.2) is 26.2 Å². The fourth-order valence-corrected chi connectivity index (χ4v) is 2.53. The lowest BCUT2D eigenvalue weighted by molar-refractivity contribution is 0.620. The average Bonchev–Trinajstić information content (AvgIpc) is 2.48. The van der Waals surface area contributed by atoms with Crippen LogP contribution >= 0.6 is 0 Å².